The molecule has 2 heterocycles. The zero-order chi connectivity index (χ0) is 12.4. The van der Waals surface area contributed by atoms with Gasteiger partial charge in [-0.3, -0.25) is 0 Å². The van der Waals surface area contributed by atoms with E-state index in [4.69, 9.17) is 4.74 Å². The fourth-order valence-corrected chi connectivity index (χ4v) is 1.72. The van der Waals surface area contributed by atoms with Gasteiger partial charge in [0.1, 0.15) is 11.6 Å². The number of H-pyrrole nitrogens is 1. The molecule has 0 fully saturated rings. The molecule has 17 heavy (non-hydrogen) atoms. The maximum atomic E-state index is 11.4. The Hall–Kier alpha value is -1.89. The predicted molar refractivity (Wildman–Crippen MR) is 63.3 cm³/mol. The van der Waals surface area contributed by atoms with Crippen LogP contribution in [-0.2, 0) is 4.74 Å². The van der Waals surface area contributed by atoms with Crippen LogP contribution in [0.4, 0.5) is 5.82 Å². The maximum absolute atomic E-state index is 11.4. The highest BCUT2D eigenvalue weighted by Crippen LogP contribution is 2.09. The number of aromatic amines is 1. The van der Waals surface area contributed by atoms with E-state index in [1.54, 1.807) is 20.1 Å². The van der Waals surface area contributed by atoms with Gasteiger partial charge in [-0.1, -0.05) is 0 Å². The lowest BCUT2D eigenvalue weighted by Gasteiger charge is -2.13. The van der Waals surface area contributed by atoms with Crippen LogP contribution in [0.15, 0.2) is 10.9 Å². The van der Waals surface area contributed by atoms with E-state index >= 15 is 0 Å². The minimum absolute atomic E-state index is 0.139. The van der Waals surface area contributed by atoms with Crippen molar-refractivity contribution in [1.82, 2.24) is 19.6 Å². The smallest absolute Gasteiger partial charge is 0.349 e. The molecule has 7 heteroatoms. The van der Waals surface area contributed by atoms with Crippen molar-refractivity contribution in [1.29, 1.82) is 0 Å². The monoisotopic (exact) mass is 237 g/mol. The van der Waals surface area contributed by atoms with Gasteiger partial charge in [0.25, 0.3) is 0 Å². The molecule has 0 amide bonds. The Kier molecular flexibility index (Phi) is 3.10. The maximum Gasteiger partial charge on any atom is 0.349 e. The highest BCUT2D eigenvalue weighted by Gasteiger charge is 2.08. The van der Waals surface area contributed by atoms with Crippen LogP contribution in [0.1, 0.15) is 12.7 Å². The van der Waals surface area contributed by atoms with Crippen molar-refractivity contribution in [3.05, 3.63) is 22.4 Å². The normalized spacial score (nSPS) is 12.9. The Bertz CT molecular complexity index is 574. The minimum atomic E-state index is -0.276. The zero-order valence-corrected chi connectivity index (χ0v) is 10.0. The molecule has 0 aliphatic heterocycles. The van der Waals surface area contributed by atoms with Crippen LogP contribution in [0.3, 0.4) is 0 Å². The number of nitrogens with zero attached hydrogens (tertiary/aromatic N) is 3. The third-order valence-corrected chi connectivity index (χ3v) is 2.38. The van der Waals surface area contributed by atoms with Crippen molar-refractivity contribution in [3.8, 4) is 0 Å². The number of ether oxygens (including phenoxy) is 1. The number of nitrogens with one attached hydrogen (secondary N) is 2. The van der Waals surface area contributed by atoms with Gasteiger partial charge in [-0.15, -0.1) is 0 Å². The lowest BCUT2D eigenvalue weighted by molar-refractivity contribution is 0.190. The fraction of sp³-hybridized carbons (Fsp3) is 0.500. The summed E-state index contributed by atoms with van der Waals surface area (Å²) in [5, 5.41) is 9.47. The molecule has 0 aromatic carbocycles. The summed E-state index contributed by atoms with van der Waals surface area (Å²) >= 11 is 0. The van der Waals surface area contributed by atoms with Crippen molar-refractivity contribution in [3.63, 3.8) is 0 Å². The van der Waals surface area contributed by atoms with E-state index in [1.165, 1.54) is 4.40 Å². The van der Waals surface area contributed by atoms with E-state index in [9.17, 15) is 4.79 Å². The topological polar surface area (TPSA) is 84.3 Å². The first-order valence-electron chi connectivity index (χ1n) is 5.32. The summed E-state index contributed by atoms with van der Waals surface area (Å²) in [4.78, 5) is 15.7. The first kappa shape index (κ1) is 11.6. The molecule has 0 radical (unpaired) electrons. The number of fused-ring (bicyclic) bond motifs is 1. The zero-order valence-electron chi connectivity index (χ0n) is 10.0. The Morgan fingerprint density at radius 3 is 3.12 bits per heavy atom. The molecule has 0 spiro atoms. The Labute approximate surface area is 97.8 Å². The Morgan fingerprint density at radius 2 is 2.41 bits per heavy atom. The van der Waals surface area contributed by atoms with Crippen molar-refractivity contribution in [2.45, 2.75) is 19.9 Å². The molecule has 0 aliphatic carbocycles. The van der Waals surface area contributed by atoms with Gasteiger partial charge >= 0.3 is 5.69 Å². The number of anilines is 1. The van der Waals surface area contributed by atoms with E-state index in [0.717, 1.165) is 0 Å². The van der Waals surface area contributed by atoms with Gasteiger partial charge in [0.15, 0.2) is 5.65 Å². The van der Waals surface area contributed by atoms with Crippen LogP contribution < -0.4 is 11.0 Å². The van der Waals surface area contributed by atoms with Crippen molar-refractivity contribution >= 4 is 11.5 Å². The summed E-state index contributed by atoms with van der Waals surface area (Å²) in [6, 6.07) is 1.86. The highest BCUT2D eigenvalue weighted by molar-refractivity contribution is 5.49. The van der Waals surface area contributed by atoms with Crippen molar-refractivity contribution in [2.24, 2.45) is 0 Å². The molecular formula is C10H15N5O2. The van der Waals surface area contributed by atoms with Crippen LogP contribution in [0.2, 0.25) is 0 Å². The van der Waals surface area contributed by atoms with E-state index in [2.05, 4.69) is 20.5 Å². The number of hydrogen-bond donors (Lipinski definition) is 2. The van der Waals surface area contributed by atoms with Crippen LogP contribution in [0, 0.1) is 6.92 Å². The lowest BCUT2D eigenvalue weighted by Crippen LogP contribution is -2.22. The molecule has 2 N–H and O–H groups in total. The number of rotatable bonds is 4. The van der Waals surface area contributed by atoms with Gasteiger partial charge in [0.2, 0.25) is 0 Å². The van der Waals surface area contributed by atoms with Crippen LogP contribution in [0.5, 0.6) is 0 Å². The van der Waals surface area contributed by atoms with Gasteiger partial charge < -0.3 is 10.1 Å². The molecular weight excluding hydrogens is 222 g/mol. The Morgan fingerprint density at radius 1 is 1.65 bits per heavy atom. The molecule has 0 saturated carbocycles. The van der Waals surface area contributed by atoms with Crippen LogP contribution >= 0.6 is 0 Å². The second-order valence-corrected chi connectivity index (χ2v) is 3.91. The first-order valence-corrected chi connectivity index (χ1v) is 5.32. The molecule has 7 nitrogen and oxygen atoms in total. The third kappa shape index (κ3) is 2.28. The first-order chi connectivity index (χ1) is 8.11. The summed E-state index contributed by atoms with van der Waals surface area (Å²) in [5.74, 6) is 1.27. The van der Waals surface area contributed by atoms with Crippen molar-refractivity contribution < 1.29 is 4.74 Å². The molecule has 0 bridgehead atoms. The van der Waals surface area contributed by atoms with Crippen molar-refractivity contribution in [2.75, 3.05) is 19.0 Å². The summed E-state index contributed by atoms with van der Waals surface area (Å²) < 4.78 is 6.45. The van der Waals surface area contributed by atoms with E-state index in [-0.39, 0.29) is 11.7 Å². The molecule has 0 aliphatic rings. The predicted octanol–water partition coefficient (Wildman–Crippen LogP) is 0.173. The SMILES string of the molecule is COCC(C)Nc1cc2n[nH]c(=O)n2c(C)n1. The number of hydrogen-bond acceptors (Lipinski definition) is 5. The summed E-state index contributed by atoms with van der Waals surface area (Å²) in [5.41, 5.74) is 0.274. The average molecular weight is 237 g/mol. The second kappa shape index (κ2) is 4.54. The van der Waals surface area contributed by atoms with E-state index in [0.29, 0.717) is 23.9 Å². The number of methoxy groups -OCH3 is 1. The minimum Gasteiger partial charge on any atom is -0.383 e. The second-order valence-electron chi connectivity index (χ2n) is 3.91. The van der Waals surface area contributed by atoms with Gasteiger partial charge in [0.05, 0.1) is 6.61 Å². The van der Waals surface area contributed by atoms with E-state index in [1.807, 2.05) is 6.92 Å². The largest absolute Gasteiger partial charge is 0.383 e. The summed E-state index contributed by atoms with van der Waals surface area (Å²) in [6.45, 7) is 4.33. The third-order valence-electron chi connectivity index (χ3n) is 2.38. The van der Waals surface area contributed by atoms with Crippen LogP contribution in [-0.4, -0.2) is 39.3 Å². The molecule has 1 unspecified atom stereocenters. The number of aryl methyl sites for hydroxylation is 1. The number of aromatic nitrogens is 4. The molecule has 92 valence electrons. The molecule has 0 saturated heterocycles. The summed E-state index contributed by atoms with van der Waals surface area (Å²) in [6.07, 6.45) is 0. The van der Waals surface area contributed by atoms with E-state index < -0.39 is 0 Å². The van der Waals surface area contributed by atoms with Gasteiger partial charge in [-0.25, -0.2) is 19.3 Å². The van der Waals surface area contributed by atoms with Gasteiger partial charge in [-0.2, -0.15) is 5.10 Å². The summed E-state index contributed by atoms with van der Waals surface area (Å²) in [7, 11) is 1.65. The lowest BCUT2D eigenvalue weighted by atomic mass is 10.3. The van der Waals surface area contributed by atoms with Crippen LogP contribution in [0.25, 0.3) is 5.65 Å². The quantitative estimate of drug-likeness (QED) is 0.792. The molecule has 2 rings (SSSR count). The molecule has 2 aromatic rings. The van der Waals surface area contributed by atoms with Gasteiger partial charge in [-0.05, 0) is 13.8 Å². The Balaban J connectivity index is 2.34. The van der Waals surface area contributed by atoms with Gasteiger partial charge in [0, 0.05) is 19.2 Å². The standard InChI is InChI=1S/C10H15N5O2/c1-6(5-17-3)11-8-4-9-13-14-10(16)15(9)7(2)12-8/h4,6,11H,5H2,1-3H3,(H,14,16). The molecule has 2 aromatic heterocycles. The molecule has 1 atom stereocenters. The fourth-order valence-electron chi connectivity index (χ4n) is 1.72. The highest BCUT2D eigenvalue weighted by atomic mass is 16.5. The average Bonchev–Trinajstić information content (AvgIpc) is 2.60.